The second kappa shape index (κ2) is 9.88. The van der Waals surface area contributed by atoms with E-state index in [1.165, 1.54) is 11.8 Å². The molecular weight excluding hydrogens is 500 g/mol. The van der Waals surface area contributed by atoms with Gasteiger partial charge in [0.2, 0.25) is 5.91 Å². The number of aliphatic hydroxyl groups excluding tert-OH is 1. The fraction of sp³-hybridized carbons (Fsp3) is 0.519. The second-order valence-corrected chi connectivity index (χ2v) is 12.2. The molecule has 2 amide bonds. The maximum atomic E-state index is 14.4. The zero-order valence-electron chi connectivity index (χ0n) is 20.4. The van der Waals surface area contributed by atoms with Crippen LogP contribution in [0.1, 0.15) is 26.7 Å². The number of fused-ring (bicyclic) bond motifs is 2. The summed E-state index contributed by atoms with van der Waals surface area (Å²) < 4.78 is 4.58. The summed E-state index contributed by atoms with van der Waals surface area (Å²) in [6, 6.07) is 5.65. The summed E-state index contributed by atoms with van der Waals surface area (Å²) in [5.74, 6) is -2.12. The van der Waals surface area contributed by atoms with Crippen LogP contribution in [0.5, 0.6) is 0 Å². The molecule has 4 aliphatic heterocycles. The first kappa shape index (κ1) is 25.4. The number of hydrogen-bond donors (Lipinski definition) is 1. The zero-order chi connectivity index (χ0) is 25.6. The highest BCUT2D eigenvalue weighted by Crippen LogP contribution is 2.61. The lowest BCUT2D eigenvalue weighted by Gasteiger charge is -2.39. The number of carbonyl (C=O) groups excluding carboxylic acids is 3. The summed E-state index contributed by atoms with van der Waals surface area (Å²) in [4.78, 5) is 45.0. The number of rotatable bonds is 5. The van der Waals surface area contributed by atoms with E-state index >= 15 is 0 Å². The van der Waals surface area contributed by atoms with Crippen molar-refractivity contribution in [3.05, 3.63) is 53.6 Å². The lowest BCUT2D eigenvalue weighted by Crippen LogP contribution is -2.57. The van der Waals surface area contributed by atoms with Crippen molar-refractivity contribution in [2.45, 2.75) is 48.8 Å². The van der Waals surface area contributed by atoms with Crippen LogP contribution in [0.15, 0.2) is 48.6 Å². The van der Waals surface area contributed by atoms with Gasteiger partial charge in [0.05, 0.1) is 35.8 Å². The van der Waals surface area contributed by atoms with Crippen LogP contribution in [-0.4, -0.2) is 69.6 Å². The molecule has 6 atom stereocenters. The molecule has 36 heavy (non-hydrogen) atoms. The summed E-state index contributed by atoms with van der Waals surface area (Å²) in [5, 5.41) is 10.7. The van der Waals surface area contributed by atoms with Crippen molar-refractivity contribution in [2.75, 3.05) is 24.7 Å². The van der Waals surface area contributed by atoms with Crippen LogP contribution in [0, 0.1) is 17.8 Å². The molecule has 5 rings (SSSR count). The molecule has 192 valence electrons. The molecular formula is C27H31ClN2O5S. The lowest BCUT2D eigenvalue weighted by molar-refractivity contribution is -0.153. The number of cyclic esters (lactones) is 1. The smallest absolute Gasteiger partial charge is 0.311 e. The van der Waals surface area contributed by atoms with Gasteiger partial charge in [-0.3, -0.25) is 14.4 Å². The van der Waals surface area contributed by atoms with E-state index in [1.807, 2.05) is 38.2 Å². The van der Waals surface area contributed by atoms with Crippen LogP contribution < -0.4 is 4.90 Å². The van der Waals surface area contributed by atoms with Crippen molar-refractivity contribution < 1.29 is 24.2 Å². The predicted octanol–water partition coefficient (Wildman–Crippen LogP) is 3.45. The molecule has 7 nitrogen and oxygen atoms in total. The SMILES string of the molecule is CC(C)C[C@H](CO)N1C(=O)[C@@H]2[C@H]3C(=O)OCCC=C[C@H]3S[C@@]23C=CCN(c2ccc(Cl)cc2)C(=O)C13. The van der Waals surface area contributed by atoms with Gasteiger partial charge in [0, 0.05) is 22.5 Å². The molecule has 0 bridgehead atoms. The number of carbonyl (C=O) groups is 3. The molecule has 2 saturated heterocycles. The summed E-state index contributed by atoms with van der Waals surface area (Å²) in [6.45, 7) is 4.39. The Morgan fingerprint density at radius 3 is 2.61 bits per heavy atom. The number of aliphatic hydroxyl groups is 1. The minimum atomic E-state index is -0.942. The van der Waals surface area contributed by atoms with Gasteiger partial charge in [0.25, 0.3) is 5.91 Å². The molecule has 1 N–H and O–H groups in total. The average Bonchev–Trinajstić information content (AvgIpc) is 3.22. The van der Waals surface area contributed by atoms with Gasteiger partial charge < -0.3 is 19.6 Å². The van der Waals surface area contributed by atoms with E-state index in [4.69, 9.17) is 16.3 Å². The number of hydrogen-bond acceptors (Lipinski definition) is 6. The molecule has 0 saturated carbocycles. The number of ether oxygens (including phenoxy) is 1. The van der Waals surface area contributed by atoms with Crippen LogP contribution in [0.4, 0.5) is 5.69 Å². The highest BCUT2D eigenvalue weighted by atomic mass is 35.5. The number of halogens is 1. The van der Waals surface area contributed by atoms with Gasteiger partial charge in [-0.1, -0.05) is 49.8 Å². The molecule has 0 aliphatic carbocycles. The third kappa shape index (κ3) is 4.07. The van der Waals surface area contributed by atoms with Crippen molar-refractivity contribution >= 4 is 46.8 Å². The number of benzene rings is 1. The van der Waals surface area contributed by atoms with Crippen LogP contribution in [0.3, 0.4) is 0 Å². The minimum Gasteiger partial charge on any atom is -0.465 e. The Bertz CT molecular complexity index is 1110. The maximum absolute atomic E-state index is 14.4. The van der Waals surface area contributed by atoms with Crippen molar-refractivity contribution in [3.63, 3.8) is 0 Å². The largest absolute Gasteiger partial charge is 0.465 e. The average molecular weight is 531 g/mol. The Morgan fingerprint density at radius 2 is 1.92 bits per heavy atom. The van der Waals surface area contributed by atoms with E-state index in [0.717, 1.165) is 0 Å². The van der Waals surface area contributed by atoms with Crippen molar-refractivity contribution in [1.29, 1.82) is 0 Å². The molecule has 4 heterocycles. The standard InChI is InChI=1S/C27H31ClN2O5S/c1-16(2)14-19(15-31)30-23-25(33)29(18-9-7-17(28)8-10-18)12-5-11-27(23)22(24(30)32)21-20(36-27)6-3-4-13-35-26(21)34/h3,5-11,16,19-23,31H,4,12-15H2,1-2H3/t19-,20-,21+,22+,23?,27+/m1/s1. The molecule has 1 spiro atoms. The van der Waals surface area contributed by atoms with Crippen molar-refractivity contribution in [3.8, 4) is 0 Å². The van der Waals surface area contributed by atoms with Crippen LogP contribution >= 0.6 is 23.4 Å². The Kier molecular flexibility index (Phi) is 6.96. The maximum Gasteiger partial charge on any atom is 0.311 e. The van der Waals surface area contributed by atoms with Gasteiger partial charge >= 0.3 is 5.97 Å². The van der Waals surface area contributed by atoms with Gasteiger partial charge in [-0.25, -0.2) is 0 Å². The van der Waals surface area contributed by atoms with Gasteiger partial charge in [0.15, 0.2) is 0 Å². The second-order valence-electron chi connectivity index (χ2n) is 10.3. The predicted molar refractivity (Wildman–Crippen MR) is 140 cm³/mol. The number of anilines is 1. The van der Waals surface area contributed by atoms with E-state index in [2.05, 4.69) is 0 Å². The molecule has 4 aliphatic rings. The number of amides is 2. The van der Waals surface area contributed by atoms with E-state index in [9.17, 15) is 19.5 Å². The van der Waals surface area contributed by atoms with Crippen LogP contribution in [-0.2, 0) is 19.1 Å². The third-order valence-corrected chi connectivity index (χ3v) is 9.54. The quantitative estimate of drug-likeness (QED) is 0.463. The first-order chi connectivity index (χ1) is 17.3. The van der Waals surface area contributed by atoms with Crippen molar-refractivity contribution in [2.24, 2.45) is 17.8 Å². The number of nitrogens with zero attached hydrogens (tertiary/aromatic N) is 2. The van der Waals surface area contributed by atoms with E-state index in [-0.39, 0.29) is 36.2 Å². The van der Waals surface area contributed by atoms with Gasteiger partial charge in [-0.2, -0.15) is 0 Å². The van der Waals surface area contributed by atoms with Crippen LogP contribution in [0.25, 0.3) is 0 Å². The molecule has 0 radical (unpaired) electrons. The summed E-state index contributed by atoms with van der Waals surface area (Å²) in [5.41, 5.74) is 0.680. The van der Waals surface area contributed by atoms with Gasteiger partial charge in [-0.15, -0.1) is 11.8 Å². The topological polar surface area (TPSA) is 87.2 Å². The first-order valence-corrected chi connectivity index (χ1v) is 13.7. The zero-order valence-corrected chi connectivity index (χ0v) is 22.0. The molecule has 9 heteroatoms. The molecule has 2 fully saturated rings. The highest BCUT2D eigenvalue weighted by molar-refractivity contribution is 8.02. The highest BCUT2D eigenvalue weighted by Gasteiger charge is 2.71. The Labute approximate surface area is 220 Å². The summed E-state index contributed by atoms with van der Waals surface area (Å²) in [6.07, 6.45) is 9.04. The third-order valence-electron chi connectivity index (χ3n) is 7.54. The fourth-order valence-corrected chi connectivity index (χ4v) is 8.23. The molecule has 0 aromatic heterocycles. The Morgan fingerprint density at radius 1 is 1.17 bits per heavy atom. The summed E-state index contributed by atoms with van der Waals surface area (Å²) >= 11 is 7.60. The number of thioether (sulfide) groups is 1. The Balaban J connectivity index is 1.64. The molecule has 1 unspecified atom stereocenters. The molecule has 1 aromatic rings. The van der Waals surface area contributed by atoms with Crippen molar-refractivity contribution in [1.82, 2.24) is 4.90 Å². The van der Waals surface area contributed by atoms with E-state index < -0.39 is 34.6 Å². The molecule has 1 aromatic carbocycles. The lowest BCUT2D eigenvalue weighted by atomic mass is 9.78. The first-order valence-electron chi connectivity index (χ1n) is 12.5. The minimum absolute atomic E-state index is 0.199. The monoisotopic (exact) mass is 530 g/mol. The normalized spacial score (nSPS) is 32.5. The number of likely N-dealkylation sites (tertiary alicyclic amines) is 1. The van der Waals surface area contributed by atoms with E-state index in [1.54, 1.807) is 34.1 Å². The van der Waals surface area contributed by atoms with Crippen LogP contribution in [0.2, 0.25) is 5.02 Å². The summed E-state index contributed by atoms with van der Waals surface area (Å²) in [7, 11) is 0. The van der Waals surface area contributed by atoms with E-state index in [0.29, 0.717) is 30.1 Å². The van der Waals surface area contributed by atoms with Gasteiger partial charge in [0.1, 0.15) is 6.04 Å². The fourth-order valence-electron chi connectivity index (χ4n) is 6.11. The Hall–Kier alpha value is -2.29. The van der Waals surface area contributed by atoms with Gasteiger partial charge in [-0.05, 0) is 43.0 Å². The number of esters is 1.